The van der Waals surface area contributed by atoms with E-state index in [9.17, 15) is 4.79 Å². The summed E-state index contributed by atoms with van der Waals surface area (Å²) in [7, 11) is 3.31. The van der Waals surface area contributed by atoms with E-state index in [1.807, 2.05) is 12.1 Å². The molecule has 0 unspecified atom stereocenters. The fourth-order valence-corrected chi connectivity index (χ4v) is 4.70. The van der Waals surface area contributed by atoms with Gasteiger partial charge in [-0.3, -0.25) is 19.3 Å². The number of benzene rings is 1. The van der Waals surface area contributed by atoms with Gasteiger partial charge < -0.3 is 9.47 Å². The van der Waals surface area contributed by atoms with Crippen LogP contribution in [0.15, 0.2) is 24.4 Å². The fraction of sp³-hybridized carbons (Fsp3) is 0.476. The van der Waals surface area contributed by atoms with Crippen LogP contribution in [0, 0.1) is 6.92 Å². The molecule has 4 rings (SSSR count). The lowest BCUT2D eigenvalue weighted by Gasteiger charge is -2.27. The lowest BCUT2D eigenvalue weighted by atomic mass is 10.2. The highest BCUT2D eigenvalue weighted by molar-refractivity contribution is 7.22. The lowest BCUT2D eigenvalue weighted by Crippen LogP contribution is -2.39. The van der Waals surface area contributed by atoms with Crippen LogP contribution in [-0.2, 0) is 11.8 Å². The Morgan fingerprint density at radius 1 is 1.32 bits per heavy atom. The minimum atomic E-state index is -0.141. The van der Waals surface area contributed by atoms with E-state index >= 15 is 0 Å². The Morgan fingerprint density at radius 3 is 2.84 bits per heavy atom. The molecule has 10 heteroatoms. The second kappa shape index (κ2) is 10.4. The molecule has 1 aliphatic heterocycles. The van der Waals surface area contributed by atoms with Gasteiger partial charge in [-0.25, -0.2) is 4.98 Å². The number of morpholine rings is 1. The van der Waals surface area contributed by atoms with Gasteiger partial charge in [0.25, 0.3) is 5.91 Å². The van der Waals surface area contributed by atoms with Crippen molar-refractivity contribution in [1.82, 2.24) is 19.7 Å². The summed E-state index contributed by atoms with van der Waals surface area (Å²) in [5.74, 6) is 0.190. The molecule has 31 heavy (non-hydrogen) atoms. The molecule has 3 aromatic rings. The molecule has 1 fully saturated rings. The number of carbonyl (C=O) groups excluding carboxylic acids is 1. The quantitative estimate of drug-likeness (QED) is 0.533. The van der Waals surface area contributed by atoms with Crippen LogP contribution in [0.25, 0.3) is 10.2 Å². The number of hydrogen-bond donors (Lipinski definition) is 0. The third kappa shape index (κ3) is 5.35. The number of fused-ring (bicyclic) bond motifs is 1. The van der Waals surface area contributed by atoms with Crippen molar-refractivity contribution in [3.05, 3.63) is 35.5 Å². The molecule has 8 nitrogen and oxygen atoms in total. The van der Waals surface area contributed by atoms with Crippen LogP contribution in [0.5, 0.6) is 5.88 Å². The molecule has 1 amide bonds. The summed E-state index contributed by atoms with van der Waals surface area (Å²) in [5, 5.41) is 4.94. The smallest absolute Gasteiger partial charge is 0.267 e. The maximum Gasteiger partial charge on any atom is 0.267 e. The monoisotopic (exact) mass is 465 g/mol. The fourth-order valence-electron chi connectivity index (χ4n) is 3.61. The number of thiazole rings is 1. The summed E-state index contributed by atoms with van der Waals surface area (Å²) in [5.41, 5.74) is 2.53. The molecule has 0 N–H and O–H groups in total. The first-order valence-corrected chi connectivity index (χ1v) is 10.9. The minimum absolute atomic E-state index is 0. The zero-order chi connectivity index (χ0) is 21.1. The van der Waals surface area contributed by atoms with Crippen molar-refractivity contribution in [1.29, 1.82) is 0 Å². The van der Waals surface area contributed by atoms with E-state index in [1.54, 1.807) is 34.2 Å². The van der Waals surface area contributed by atoms with Gasteiger partial charge in [-0.15, -0.1) is 17.5 Å². The van der Waals surface area contributed by atoms with Gasteiger partial charge in [0, 0.05) is 39.4 Å². The average molecular weight is 466 g/mol. The Labute approximate surface area is 192 Å². The Hall–Kier alpha value is -2.20. The second-order valence-corrected chi connectivity index (χ2v) is 8.47. The molecule has 0 atom stereocenters. The predicted molar refractivity (Wildman–Crippen MR) is 125 cm³/mol. The zero-order valence-electron chi connectivity index (χ0n) is 18.0. The highest BCUT2D eigenvalue weighted by Crippen LogP contribution is 2.31. The van der Waals surface area contributed by atoms with Crippen molar-refractivity contribution in [2.24, 2.45) is 7.05 Å². The summed E-state index contributed by atoms with van der Waals surface area (Å²) < 4.78 is 13.4. The van der Waals surface area contributed by atoms with Gasteiger partial charge in [-0.2, -0.15) is 0 Å². The summed E-state index contributed by atoms with van der Waals surface area (Å²) in [6, 6.07) is 6.16. The van der Waals surface area contributed by atoms with E-state index in [4.69, 9.17) is 14.5 Å². The van der Waals surface area contributed by atoms with Crippen molar-refractivity contribution >= 4 is 45.0 Å². The first-order chi connectivity index (χ1) is 14.5. The molecule has 0 spiro atoms. The number of amides is 1. The van der Waals surface area contributed by atoms with Gasteiger partial charge in [0.1, 0.15) is 5.56 Å². The number of halogens is 1. The van der Waals surface area contributed by atoms with Crippen LogP contribution in [0.4, 0.5) is 5.13 Å². The first-order valence-electron chi connectivity index (χ1n) is 10.1. The number of aromatic nitrogens is 3. The number of carbonyl (C=O) groups is 1. The average Bonchev–Trinajstić information content (AvgIpc) is 3.34. The van der Waals surface area contributed by atoms with Crippen LogP contribution in [0.1, 0.15) is 22.3 Å². The minimum Gasteiger partial charge on any atom is -0.479 e. The number of methoxy groups -OCH3 is 1. The van der Waals surface area contributed by atoms with Crippen molar-refractivity contribution < 1.29 is 14.3 Å². The van der Waals surface area contributed by atoms with Gasteiger partial charge in [-0.1, -0.05) is 17.4 Å². The Bertz CT molecular complexity index is 1030. The molecular formula is C21H28ClN5O3S. The van der Waals surface area contributed by atoms with Crippen molar-refractivity contribution in [2.45, 2.75) is 13.3 Å². The molecule has 0 bridgehead atoms. The summed E-state index contributed by atoms with van der Waals surface area (Å²) >= 11 is 1.54. The molecule has 0 radical (unpaired) electrons. The summed E-state index contributed by atoms with van der Waals surface area (Å²) in [4.78, 5) is 22.4. The Balaban J connectivity index is 0.00000272. The van der Waals surface area contributed by atoms with E-state index in [1.165, 1.54) is 12.7 Å². The van der Waals surface area contributed by atoms with Crippen molar-refractivity contribution in [3.8, 4) is 5.88 Å². The Morgan fingerprint density at radius 2 is 2.10 bits per heavy atom. The number of aryl methyl sites for hydroxylation is 2. The number of anilines is 1. The van der Waals surface area contributed by atoms with Crippen LogP contribution < -0.4 is 9.64 Å². The van der Waals surface area contributed by atoms with Gasteiger partial charge in [0.05, 0.1) is 30.5 Å². The first kappa shape index (κ1) is 23.5. The van der Waals surface area contributed by atoms with Crippen molar-refractivity contribution in [3.63, 3.8) is 0 Å². The van der Waals surface area contributed by atoms with E-state index in [-0.39, 0.29) is 18.3 Å². The number of nitrogens with zero attached hydrogens (tertiary/aromatic N) is 5. The number of rotatable bonds is 7. The zero-order valence-corrected chi connectivity index (χ0v) is 19.7. The molecule has 1 aliphatic rings. The topological polar surface area (TPSA) is 72.7 Å². The molecule has 1 saturated heterocycles. The molecule has 168 valence electrons. The molecule has 1 aromatic carbocycles. The highest BCUT2D eigenvalue weighted by atomic mass is 35.5. The van der Waals surface area contributed by atoms with Crippen LogP contribution in [0.3, 0.4) is 0 Å². The number of ether oxygens (including phenoxy) is 2. The standard InChI is InChI=1S/C21H27N5O3S.ClH/c1-15-5-6-17-18(13-15)30-21(22-17)26(8-4-7-25-9-11-29-12-10-25)20(27)16-14-24(2)23-19(16)28-3;/h5-6,13-14H,4,7-12H2,1-3H3;1H. The maximum atomic E-state index is 13.5. The van der Waals surface area contributed by atoms with Gasteiger partial charge in [0.15, 0.2) is 5.13 Å². The summed E-state index contributed by atoms with van der Waals surface area (Å²) in [6.45, 7) is 6.97. The third-order valence-electron chi connectivity index (χ3n) is 5.19. The SMILES string of the molecule is COc1nn(C)cc1C(=O)N(CCCN1CCOCC1)c1nc2ccc(C)cc2s1.Cl. The molecule has 0 aliphatic carbocycles. The molecule has 2 aromatic heterocycles. The van der Waals surface area contributed by atoms with Gasteiger partial charge in [-0.05, 0) is 31.0 Å². The van der Waals surface area contributed by atoms with E-state index in [0.29, 0.717) is 23.1 Å². The third-order valence-corrected chi connectivity index (χ3v) is 6.23. The van der Waals surface area contributed by atoms with Gasteiger partial charge >= 0.3 is 0 Å². The van der Waals surface area contributed by atoms with E-state index < -0.39 is 0 Å². The van der Waals surface area contributed by atoms with E-state index in [0.717, 1.165) is 49.5 Å². The maximum absolute atomic E-state index is 13.5. The highest BCUT2D eigenvalue weighted by Gasteiger charge is 2.26. The second-order valence-electron chi connectivity index (χ2n) is 7.46. The van der Waals surface area contributed by atoms with Gasteiger partial charge in [0.2, 0.25) is 5.88 Å². The molecular weight excluding hydrogens is 438 g/mol. The predicted octanol–water partition coefficient (Wildman–Crippen LogP) is 3.14. The van der Waals surface area contributed by atoms with Crippen molar-refractivity contribution in [2.75, 3.05) is 51.4 Å². The lowest BCUT2D eigenvalue weighted by molar-refractivity contribution is 0.0376. The van der Waals surface area contributed by atoms with Crippen LogP contribution >= 0.6 is 23.7 Å². The largest absolute Gasteiger partial charge is 0.479 e. The molecule has 3 heterocycles. The Kier molecular flexibility index (Phi) is 7.88. The van der Waals surface area contributed by atoms with E-state index in [2.05, 4.69) is 23.0 Å². The number of hydrogen-bond acceptors (Lipinski definition) is 7. The summed E-state index contributed by atoms with van der Waals surface area (Å²) in [6.07, 6.45) is 2.55. The normalized spacial score (nSPS) is 14.4. The molecule has 0 saturated carbocycles. The van der Waals surface area contributed by atoms with Crippen LogP contribution in [0.2, 0.25) is 0 Å². The van der Waals surface area contributed by atoms with Crippen LogP contribution in [-0.4, -0.2) is 72.1 Å².